The second kappa shape index (κ2) is 6.91. The van der Waals surface area contributed by atoms with Crippen molar-refractivity contribution in [2.75, 3.05) is 27.2 Å². The van der Waals surface area contributed by atoms with E-state index in [4.69, 9.17) is 0 Å². The van der Waals surface area contributed by atoms with Crippen LogP contribution < -0.4 is 5.56 Å². The van der Waals surface area contributed by atoms with E-state index in [0.717, 1.165) is 43.7 Å². The van der Waals surface area contributed by atoms with Crippen molar-refractivity contribution in [3.05, 3.63) is 34.4 Å². The van der Waals surface area contributed by atoms with Crippen LogP contribution in [0.5, 0.6) is 0 Å². The smallest absolute Gasteiger partial charge is 0.274 e. The Morgan fingerprint density at radius 3 is 2.62 bits per heavy atom. The van der Waals surface area contributed by atoms with Crippen LogP contribution in [0.2, 0.25) is 0 Å². The molecule has 1 aliphatic carbocycles. The molecule has 2 aliphatic rings. The van der Waals surface area contributed by atoms with E-state index in [2.05, 4.69) is 24.0 Å². The molecule has 6 heteroatoms. The maximum atomic E-state index is 13.2. The minimum atomic E-state index is -0.0199. The molecule has 26 heavy (non-hydrogen) atoms. The number of hydrogen-bond acceptors (Lipinski definition) is 3. The average Bonchev–Trinajstić information content (AvgIpc) is 3.34. The van der Waals surface area contributed by atoms with Gasteiger partial charge in [0.05, 0.1) is 5.56 Å². The van der Waals surface area contributed by atoms with Crippen molar-refractivity contribution in [1.29, 1.82) is 0 Å². The molecular formula is C20H28N4O2. The minimum Gasteiger partial charge on any atom is -0.357 e. The lowest BCUT2D eigenvalue weighted by Gasteiger charge is -2.35. The number of carbonyl (C=O) groups is 1. The Morgan fingerprint density at radius 2 is 1.96 bits per heavy atom. The lowest BCUT2D eigenvalue weighted by molar-refractivity contribution is 0.0664. The second-order valence-corrected chi connectivity index (χ2v) is 8.03. The fourth-order valence-corrected chi connectivity index (χ4v) is 4.02. The highest BCUT2D eigenvalue weighted by atomic mass is 16.2. The fourth-order valence-electron chi connectivity index (χ4n) is 4.02. The first-order valence-corrected chi connectivity index (χ1v) is 9.71. The number of amides is 1. The van der Waals surface area contributed by atoms with Crippen LogP contribution in [-0.4, -0.2) is 58.5 Å². The van der Waals surface area contributed by atoms with Crippen LogP contribution in [0.4, 0.5) is 0 Å². The number of aromatic amines is 1. The number of hydrogen-bond donors (Lipinski definition) is 1. The van der Waals surface area contributed by atoms with Gasteiger partial charge in [-0.2, -0.15) is 0 Å². The Labute approximate surface area is 153 Å². The van der Waals surface area contributed by atoms with Gasteiger partial charge < -0.3 is 19.4 Å². The van der Waals surface area contributed by atoms with Crippen molar-refractivity contribution >= 4 is 16.8 Å². The Balaban J connectivity index is 1.60. The number of carbonyl (C=O) groups excluding carboxylic acids is 1. The number of nitrogens with zero attached hydrogens (tertiary/aromatic N) is 3. The molecule has 2 aromatic heterocycles. The third kappa shape index (κ3) is 3.30. The number of aryl methyl sites for hydroxylation is 1. The summed E-state index contributed by atoms with van der Waals surface area (Å²) in [7, 11) is 4.20. The van der Waals surface area contributed by atoms with Crippen LogP contribution in [0.25, 0.3) is 10.9 Å². The highest BCUT2D eigenvalue weighted by Crippen LogP contribution is 2.32. The zero-order chi connectivity index (χ0) is 18.3. The van der Waals surface area contributed by atoms with Gasteiger partial charge >= 0.3 is 0 Å². The van der Waals surface area contributed by atoms with Gasteiger partial charge in [-0.3, -0.25) is 9.59 Å². The van der Waals surface area contributed by atoms with E-state index in [1.54, 1.807) is 17.0 Å². The Kier molecular flexibility index (Phi) is 4.61. The van der Waals surface area contributed by atoms with Gasteiger partial charge in [0.15, 0.2) is 0 Å². The largest absolute Gasteiger partial charge is 0.357 e. The summed E-state index contributed by atoms with van der Waals surface area (Å²) >= 11 is 0. The molecule has 0 spiro atoms. The number of pyridine rings is 1. The quantitative estimate of drug-likeness (QED) is 0.894. The van der Waals surface area contributed by atoms with Crippen molar-refractivity contribution in [3.63, 3.8) is 0 Å². The van der Waals surface area contributed by atoms with Crippen molar-refractivity contribution in [1.82, 2.24) is 19.4 Å². The monoisotopic (exact) mass is 356 g/mol. The lowest BCUT2D eigenvalue weighted by Crippen LogP contribution is -2.44. The number of nitrogens with one attached hydrogen (secondary N) is 1. The van der Waals surface area contributed by atoms with Gasteiger partial charge in [0, 0.05) is 43.5 Å². The Bertz CT molecular complexity index is 854. The highest BCUT2D eigenvalue weighted by molar-refractivity contribution is 6.05. The Hall–Kier alpha value is -2.08. The maximum Gasteiger partial charge on any atom is 0.274 e. The number of piperidine rings is 1. The van der Waals surface area contributed by atoms with Crippen molar-refractivity contribution < 1.29 is 4.79 Å². The normalized spacial score (nSPS) is 18.8. The molecule has 1 saturated heterocycles. The van der Waals surface area contributed by atoms with Crippen LogP contribution in [0, 0.1) is 5.92 Å². The number of likely N-dealkylation sites (tertiary alicyclic amines) is 1. The zero-order valence-corrected chi connectivity index (χ0v) is 15.7. The molecule has 6 nitrogen and oxygen atoms in total. The summed E-state index contributed by atoms with van der Waals surface area (Å²) in [6.07, 6.45) is 9.10. The van der Waals surface area contributed by atoms with E-state index in [1.807, 2.05) is 11.0 Å². The molecule has 0 bridgehead atoms. The lowest BCUT2D eigenvalue weighted by atomic mass is 10.0. The molecule has 1 saturated carbocycles. The first-order chi connectivity index (χ1) is 12.5. The van der Waals surface area contributed by atoms with Crippen LogP contribution in [0.3, 0.4) is 0 Å². The minimum absolute atomic E-state index is 0.0199. The van der Waals surface area contributed by atoms with Gasteiger partial charge in [-0.05, 0) is 45.3 Å². The summed E-state index contributed by atoms with van der Waals surface area (Å²) in [6.45, 7) is 2.24. The van der Waals surface area contributed by atoms with Gasteiger partial charge in [-0.15, -0.1) is 0 Å². The van der Waals surface area contributed by atoms with E-state index >= 15 is 0 Å². The standard InChI is InChI=1S/C20H28N4O2/c1-22(2)15-7-11-23(12-8-15)19(25)17-13-24(10-6-14-3-4-14)20(26)18-16(17)5-9-21-18/h5,9,13-15,21H,3-4,6-8,10-12H2,1-2H3. The van der Waals surface area contributed by atoms with E-state index in [9.17, 15) is 9.59 Å². The number of H-pyrrole nitrogens is 1. The molecule has 1 aliphatic heterocycles. The summed E-state index contributed by atoms with van der Waals surface area (Å²) in [5, 5.41) is 0.748. The highest BCUT2D eigenvalue weighted by Gasteiger charge is 2.27. The number of fused-ring (bicyclic) bond motifs is 1. The van der Waals surface area contributed by atoms with E-state index in [0.29, 0.717) is 23.7 Å². The summed E-state index contributed by atoms with van der Waals surface area (Å²) in [5.41, 5.74) is 1.18. The molecule has 0 aromatic carbocycles. The average molecular weight is 356 g/mol. The zero-order valence-electron chi connectivity index (χ0n) is 15.7. The van der Waals surface area contributed by atoms with Crippen LogP contribution >= 0.6 is 0 Å². The summed E-state index contributed by atoms with van der Waals surface area (Å²) in [6, 6.07) is 2.39. The summed E-state index contributed by atoms with van der Waals surface area (Å²) < 4.78 is 1.73. The molecule has 0 radical (unpaired) electrons. The van der Waals surface area contributed by atoms with Gasteiger partial charge in [0.25, 0.3) is 11.5 Å². The summed E-state index contributed by atoms with van der Waals surface area (Å²) in [4.78, 5) is 33.1. The molecule has 1 N–H and O–H groups in total. The molecule has 1 amide bonds. The molecule has 2 fully saturated rings. The van der Waals surface area contributed by atoms with Crippen molar-refractivity contribution in [2.24, 2.45) is 5.92 Å². The molecule has 0 unspecified atom stereocenters. The molecule has 3 heterocycles. The number of rotatable bonds is 5. The van der Waals surface area contributed by atoms with Crippen molar-refractivity contribution in [2.45, 2.75) is 44.7 Å². The van der Waals surface area contributed by atoms with E-state index < -0.39 is 0 Å². The van der Waals surface area contributed by atoms with Gasteiger partial charge in [0.1, 0.15) is 5.52 Å². The second-order valence-electron chi connectivity index (χ2n) is 8.03. The first-order valence-electron chi connectivity index (χ1n) is 9.71. The molecule has 0 atom stereocenters. The fraction of sp³-hybridized carbons (Fsp3) is 0.600. The molecule has 140 valence electrons. The topological polar surface area (TPSA) is 61.3 Å². The van der Waals surface area contributed by atoms with E-state index in [1.165, 1.54) is 12.8 Å². The van der Waals surface area contributed by atoms with Gasteiger partial charge in [0.2, 0.25) is 0 Å². The predicted octanol–water partition coefficient (Wildman–Crippen LogP) is 2.30. The number of aromatic nitrogens is 2. The first kappa shape index (κ1) is 17.3. The van der Waals surface area contributed by atoms with Gasteiger partial charge in [-0.25, -0.2) is 0 Å². The van der Waals surface area contributed by atoms with Crippen molar-refractivity contribution in [3.8, 4) is 0 Å². The van der Waals surface area contributed by atoms with E-state index in [-0.39, 0.29) is 11.5 Å². The molecule has 2 aromatic rings. The molecule has 4 rings (SSSR count). The third-order valence-corrected chi connectivity index (χ3v) is 5.98. The van der Waals surface area contributed by atoms with Crippen LogP contribution in [0.15, 0.2) is 23.3 Å². The predicted molar refractivity (Wildman–Crippen MR) is 103 cm³/mol. The third-order valence-electron chi connectivity index (χ3n) is 5.98. The van der Waals surface area contributed by atoms with Crippen LogP contribution in [-0.2, 0) is 6.54 Å². The summed E-state index contributed by atoms with van der Waals surface area (Å²) in [5.74, 6) is 0.803. The Morgan fingerprint density at radius 1 is 1.23 bits per heavy atom. The SMILES string of the molecule is CN(C)C1CCN(C(=O)c2cn(CCC3CC3)c(=O)c3[nH]ccc23)CC1. The molecular weight excluding hydrogens is 328 g/mol. The maximum absolute atomic E-state index is 13.2. The van der Waals surface area contributed by atoms with Gasteiger partial charge in [-0.1, -0.05) is 12.8 Å². The van der Waals surface area contributed by atoms with Crippen LogP contribution in [0.1, 0.15) is 42.5 Å².